The zero-order valence-corrected chi connectivity index (χ0v) is 15.8. The van der Waals surface area contributed by atoms with Gasteiger partial charge < -0.3 is 10.2 Å². The summed E-state index contributed by atoms with van der Waals surface area (Å²) in [5, 5.41) is 21.3. The van der Waals surface area contributed by atoms with Crippen molar-refractivity contribution in [1.29, 1.82) is 0 Å². The number of benzene rings is 2. The Bertz CT molecular complexity index is 807. The van der Waals surface area contributed by atoms with Crippen molar-refractivity contribution in [3.05, 3.63) is 65.7 Å². The highest BCUT2D eigenvalue weighted by Crippen LogP contribution is 2.51. The number of fused-ring (bicyclic) bond motifs is 2. The van der Waals surface area contributed by atoms with Gasteiger partial charge in [-0.1, -0.05) is 48.9 Å². The average Bonchev–Trinajstić information content (AvgIpc) is 3.44. The Hall–Kier alpha value is -1.84. The Morgan fingerprint density at radius 1 is 1.04 bits per heavy atom. The molecule has 2 bridgehead atoms. The monoisotopic (exact) mass is 363 g/mol. The van der Waals surface area contributed by atoms with Crippen LogP contribution in [0.2, 0.25) is 0 Å². The lowest BCUT2D eigenvalue weighted by molar-refractivity contribution is -0.0779. The van der Waals surface area contributed by atoms with Crippen LogP contribution in [0.15, 0.2) is 54.6 Å². The zero-order valence-electron chi connectivity index (χ0n) is 15.8. The lowest BCUT2D eigenvalue weighted by Crippen LogP contribution is -2.62. The smallest absolute Gasteiger partial charge is 0.115 e. The normalized spacial score (nSPS) is 35.7. The maximum atomic E-state index is 11.3. The molecule has 0 radical (unpaired) electrons. The van der Waals surface area contributed by atoms with E-state index in [4.69, 9.17) is 0 Å². The van der Waals surface area contributed by atoms with Crippen LogP contribution in [0.25, 0.3) is 0 Å². The molecule has 3 nitrogen and oxygen atoms in total. The van der Waals surface area contributed by atoms with Gasteiger partial charge >= 0.3 is 0 Å². The van der Waals surface area contributed by atoms with Crippen LogP contribution < -0.4 is 0 Å². The molecule has 3 aliphatic rings. The average molecular weight is 364 g/mol. The lowest BCUT2D eigenvalue weighted by atomic mass is 9.61. The maximum Gasteiger partial charge on any atom is 0.115 e. The number of rotatable bonds is 4. The van der Waals surface area contributed by atoms with Crippen LogP contribution in [0.5, 0.6) is 5.75 Å². The second-order valence-corrected chi connectivity index (χ2v) is 8.87. The molecule has 2 saturated carbocycles. The molecule has 2 aromatic carbocycles. The van der Waals surface area contributed by atoms with Gasteiger partial charge in [-0.2, -0.15) is 0 Å². The Labute approximate surface area is 161 Å². The summed E-state index contributed by atoms with van der Waals surface area (Å²) in [6.07, 6.45) is 5.19. The highest BCUT2D eigenvalue weighted by Gasteiger charge is 2.52. The van der Waals surface area contributed by atoms with E-state index in [1.165, 1.54) is 12.0 Å². The van der Waals surface area contributed by atoms with E-state index in [0.29, 0.717) is 11.7 Å². The minimum absolute atomic E-state index is 0.180. The van der Waals surface area contributed by atoms with Crippen LogP contribution in [0.1, 0.15) is 49.1 Å². The second-order valence-electron chi connectivity index (χ2n) is 8.87. The molecule has 0 unspecified atom stereocenters. The van der Waals surface area contributed by atoms with E-state index in [2.05, 4.69) is 41.3 Å². The summed E-state index contributed by atoms with van der Waals surface area (Å²) in [4.78, 5) is 2.57. The van der Waals surface area contributed by atoms with Crippen molar-refractivity contribution in [2.45, 2.75) is 55.6 Å². The molecule has 5 rings (SSSR count). The summed E-state index contributed by atoms with van der Waals surface area (Å²) in [7, 11) is 0. The molecule has 1 saturated heterocycles. The predicted molar refractivity (Wildman–Crippen MR) is 107 cm³/mol. The molecule has 2 aromatic rings. The number of hydrogen-bond acceptors (Lipinski definition) is 3. The van der Waals surface area contributed by atoms with E-state index in [0.717, 1.165) is 50.3 Å². The molecule has 142 valence electrons. The van der Waals surface area contributed by atoms with Crippen LogP contribution in [-0.2, 0) is 5.41 Å². The molecular formula is C24H29NO2. The predicted octanol–water partition coefficient (Wildman–Crippen LogP) is 4.05. The number of phenolic OH excluding ortho intramolecular Hbond substituents is 1. The van der Waals surface area contributed by atoms with Crippen LogP contribution in [-0.4, -0.2) is 40.3 Å². The Morgan fingerprint density at radius 3 is 2.70 bits per heavy atom. The van der Waals surface area contributed by atoms with E-state index in [1.54, 1.807) is 6.07 Å². The van der Waals surface area contributed by atoms with E-state index in [9.17, 15) is 10.2 Å². The Kier molecular flexibility index (Phi) is 4.25. The van der Waals surface area contributed by atoms with Crippen molar-refractivity contribution in [1.82, 2.24) is 4.90 Å². The van der Waals surface area contributed by atoms with E-state index < -0.39 is 0 Å². The molecule has 3 fully saturated rings. The van der Waals surface area contributed by atoms with Gasteiger partial charge in [-0.3, -0.25) is 4.90 Å². The summed E-state index contributed by atoms with van der Waals surface area (Å²) >= 11 is 0. The lowest BCUT2D eigenvalue weighted by Gasteiger charge is -2.54. The Balaban J connectivity index is 1.32. The van der Waals surface area contributed by atoms with Gasteiger partial charge in [0, 0.05) is 18.0 Å². The number of phenols is 1. The van der Waals surface area contributed by atoms with Gasteiger partial charge in [0.1, 0.15) is 5.75 Å². The van der Waals surface area contributed by atoms with E-state index >= 15 is 0 Å². The van der Waals surface area contributed by atoms with Gasteiger partial charge in [-0.15, -0.1) is 0 Å². The minimum Gasteiger partial charge on any atom is -0.508 e. The molecule has 1 heterocycles. The summed E-state index contributed by atoms with van der Waals surface area (Å²) in [6, 6.07) is 18.7. The van der Waals surface area contributed by atoms with Crippen molar-refractivity contribution < 1.29 is 10.2 Å². The highest BCUT2D eigenvalue weighted by atomic mass is 16.3. The molecule has 0 aromatic heterocycles. The number of aromatic hydroxyl groups is 1. The van der Waals surface area contributed by atoms with Crippen molar-refractivity contribution in [2.75, 3.05) is 13.1 Å². The highest BCUT2D eigenvalue weighted by molar-refractivity contribution is 5.36. The van der Waals surface area contributed by atoms with Crippen LogP contribution in [0.4, 0.5) is 0 Å². The molecule has 2 aliphatic carbocycles. The number of aliphatic hydroxyl groups is 1. The van der Waals surface area contributed by atoms with Crippen molar-refractivity contribution in [3.8, 4) is 5.75 Å². The molecule has 0 spiro atoms. The third-order valence-electron chi connectivity index (χ3n) is 7.41. The number of aliphatic hydroxyl groups excluding tert-OH is 1. The third kappa shape index (κ3) is 2.97. The first kappa shape index (κ1) is 17.3. The SMILES string of the molecule is Oc1cccc([C@]23CCC[C@H]([C@H]2O)N(C[C@H]2C[C@@H]2c2ccccc2)CC3)c1. The van der Waals surface area contributed by atoms with Gasteiger partial charge in [0.25, 0.3) is 0 Å². The summed E-state index contributed by atoms with van der Waals surface area (Å²) < 4.78 is 0. The number of hydrogen-bond donors (Lipinski definition) is 2. The molecule has 5 atom stereocenters. The first-order valence-electron chi connectivity index (χ1n) is 10.4. The fourth-order valence-corrected chi connectivity index (χ4v) is 5.83. The minimum atomic E-state index is -0.337. The van der Waals surface area contributed by atoms with Crippen molar-refractivity contribution in [2.24, 2.45) is 5.92 Å². The summed E-state index contributed by atoms with van der Waals surface area (Å²) in [6.45, 7) is 2.16. The van der Waals surface area contributed by atoms with Gasteiger partial charge in [-0.25, -0.2) is 0 Å². The molecule has 3 heteroatoms. The van der Waals surface area contributed by atoms with Crippen molar-refractivity contribution >= 4 is 0 Å². The third-order valence-corrected chi connectivity index (χ3v) is 7.41. The quantitative estimate of drug-likeness (QED) is 0.861. The molecule has 2 N–H and O–H groups in total. The Morgan fingerprint density at radius 2 is 1.89 bits per heavy atom. The van der Waals surface area contributed by atoms with Gasteiger partial charge in [0.15, 0.2) is 0 Å². The first-order chi connectivity index (χ1) is 13.2. The van der Waals surface area contributed by atoms with Gasteiger partial charge in [0.2, 0.25) is 0 Å². The van der Waals surface area contributed by atoms with Crippen LogP contribution >= 0.6 is 0 Å². The molecule has 27 heavy (non-hydrogen) atoms. The first-order valence-corrected chi connectivity index (χ1v) is 10.4. The second kappa shape index (κ2) is 6.65. The molecule has 1 aliphatic heterocycles. The van der Waals surface area contributed by atoms with Crippen molar-refractivity contribution in [3.63, 3.8) is 0 Å². The van der Waals surface area contributed by atoms with Crippen LogP contribution in [0.3, 0.4) is 0 Å². The fourth-order valence-electron chi connectivity index (χ4n) is 5.83. The standard InChI is InChI=1S/C24H29NO2/c26-20-9-4-8-19(15-20)24-11-5-10-22(23(24)27)25(13-12-24)16-18-14-21(18)17-6-2-1-3-7-17/h1-4,6-9,15,18,21-23,26-27H,5,10-14,16H2/t18-,21-,22-,23-,24-/m1/s1. The fraction of sp³-hybridized carbons (Fsp3) is 0.500. The zero-order chi connectivity index (χ0) is 18.4. The van der Waals surface area contributed by atoms with E-state index in [-0.39, 0.29) is 17.6 Å². The number of likely N-dealkylation sites (tertiary alicyclic amines) is 1. The largest absolute Gasteiger partial charge is 0.508 e. The molecular weight excluding hydrogens is 334 g/mol. The maximum absolute atomic E-state index is 11.3. The van der Waals surface area contributed by atoms with E-state index in [1.807, 2.05) is 12.1 Å². The summed E-state index contributed by atoms with van der Waals surface area (Å²) in [5.41, 5.74) is 2.41. The number of nitrogens with zero attached hydrogens (tertiary/aromatic N) is 1. The van der Waals surface area contributed by atoms with Gasteiger partial charge in [-0.05, 0) is 67.3 Å². The van der Waals surface area contributed by atoms with Crippen LogP contribution in [0, 0.1) is 5.92 Å². The van der Waals surface area contributed by atoms with Gasteiger partial charge in [0.05, 0.1) is 6.10 Å². The number of piperidine rings is 1. The topological polar surface area (TPSA) is 43.7 Å². The summed E-state index contributed by atoms with van der Waals surface area (Å²) in [5.74, 6) is 1.74. The molecule has 0 amide bonds.